The summed E-state index contributed by atoms with van der Waals surface area (Å²) in [6, 6.07) is 20.7. The van der Waals surface area contributed by atoms with Gasteiger partial charge in [0.2, 0.25) is 5.91 Å². The summed E-state index contributed by atoms with van der Waals surface area (Å²) in [5.74, 6) is 0.746. The molecule has 30 heavy (non-hydrogen) atoms. The molecule has 5 nitrogen and oxygen atoms in total. The summed E-state index contributed by atoms with van der Waals surface area (Å²) < 4.78 is 1.89. The van der Waals surface area contributed by atoms with Gasteiger partial charge < -0.3 is 5.32 Å². The number of likely N-dealkylation sites (tertiary alicyclic amines) is 1. The van der Waals surface area contributed by atoms with E-state index in [9.17, 15) is 4.79 Å². The Morgan fingerprint density at radius 1 is 1.00 bits per heavy atom. The van der Waals surface area contributed by atoms with Crippen LogP contribution in [0.25, 0.3) is 5.69 Å². The van der Waals surface area contributed by atoms with Crippen LogP contribution in [0.5, 0.6) is 0 Å². The summed E-state index contributed by atoms with van der Waals surface area (Å²) in [7, 11) is 0. The van der Waals surface area contributed by atoms with Gasteiger partial charge in [-0.05, 0) is 69.8 Å². The molecule has 1 N–H and O–H groups in total. The molecule has 1 fully saturated rings. The Balaban J connectivity index is 1.31. The van der Waals surface area contributed by atoms with Crippen LogP contribution in [-0.2, 0) is 11.2 Å². The lowest BCUT2D eigenvalue weighted by molar-refractivity contribution is -0.117. The van der Waals surface area contributed by atoms with E-state index in [0.717, 1.165) is 55.1 Å². The zero-order chi connectivity index (χ0) is 20.9. The molecule has 0 saturated carbocycles. The van der Waals surface area contributed by atoms with E-state index in [1.807, 2.05) is 48.9 Å². The number of benzene rings is 2. The number of piperidine rings is 1. The number of hydrogen-bond donors (Lipinski definition) is 1. The molecule has 1 aliphatic rings. The Morgan fingerprint density at radius 2 is 1.63 bits per heavy atom. The lowest BCUT2D eigenvalue weighted by atomic mass is 9.90. The molecule has 0 atom stereocenters. The van der Waals surface area contributed by atoms with E-state index >= 15 is 0 Å². The van der Waals surface area contributed by atoms with Crippen molar-refractivity contribution in [2.24, 2.45) is 5.92 Å². The van der Waals surface area contributed by atoms with Crippen molar-refractivity contribution in [1.29, 1.82) is 0 Å². The fourth-order valence-corrected chi connectivity index (χ4v) is 4.32. The molecule has 0 bridgehead atoms. The van der Waals surface area contributed by atoms with Crippen molar-refractivity contribution in [3.8, 4) is 5.69 Å². The van der Waals surface area contributed by atoms with Crippen LogP contribution in [0.2, 0.25) is 0 Å². The van der Waals surface area contributed by atoms with Gasteiger partial charge in [0, 0.05) is 0 Å². The molecule has 2 aromatic carbocycles. The van der Waals surface area contributed by atoms with Gasteiger partial charge in [0.1, 0.15) is 0 Å². The maximum Gasteiger partial charge on any atom is 0.238 e. The molecule has 156 valence electrons. The molecule has 0 aliphatic carbocycles. The van der Waals surface area contributed by atoms with Crippen LogP contribution in [0.3, 0.4) is 0 Å². The minimum atomic E-state index is 0.0373. The molecule has 1 aromatic heterocycles. The van der Waals surface area contributed by atoms with E-state index in [1.54, 1.807) is 0 Å². The third kappa shape index (κ3) is 4.79. The van der Waals surface area contributed by atoms with Crippen LogP contribution in [0.15, 0.2) is 60.7 Å². The molecule has 5 heteroatoms. The van der Waals surface area contributed by atoms with Gasteiger partial charge in [-0.1, -0.05) is 48.5 Å². The zero-order valence-electron chi connectivity index (χ0n) is 17.8. The van der Waals surface area contributed by atoms with E-state index in [4.69, 9.17) is 0 Å². The highest BCUT2D eigenvalue weighted by Gasteiger charge is 2.22. The Kier molecular flexibility index (Phi) is 6.29. The van der Waals surface area contributed by atoms with E-state index in [-0.39, 0.29) is 5.91 Å². The standard InChI is InChI=1S/C25H30N4O/c1-19-25(20(2)29(27-19)23-11-7-4-8-12-23)26-24(30)18-28-15-13-22(14-16-28)17-21-9-5-3-6-10-21/h3-12,22H,13-18H2,1-2H3,(H,26,30). The number of anilines is 1. The minimum absolute atomic E-state index is 0.0373. The highest BCUT2D eigenvalue weighted by atomic mass is 16.2. The van der Waals surface area contributed by atoms with Crippen molar-refractivity contribution in [3.05, 3.63) is 77.6 Å². The zero-order valence-corrected chi connectivity index (χ0v) is 17.8. The van der Waals surface area contributed by atoms with E-state index in [2.05, 4.69) is 45.6 Å². The maximum atomic E-state index is 12.7. The molecule has 1 saturated heterocycles. The second-order valence-corrected chi connectivity index (χ2v) is 8.25. The lowest BCUT2D eigenvalue weighted by Crippen LogP contribution is -2.39. The van der Waals surface area contributed by atoms with E-state index in [0.29, 0.717) is 12.5 Å². The second-order valence-electron chi connectivity index (χ2n) is 8.25. The number of nitrogens with zero attached hydrogens (tertiary/aromatic N) is 3. The molecule has 4 rings (SSSR count). The smallest absolute Gasteiger partial charge is 0.238 e. The fraction of sp³-hybridized carbons (Fsp3) is 0.360. The largest absolute Gasteiger partial charge is 0.322 e. The number of nitrogens with one attached hydrogen (secondary N) is 1. The highest BCUT2D eigenvalue weighted by molar-refractivity contribution is 5.93. The molecule has 0 spiro atoms. The third-order valence-electron chi connectivity index (χ3n) is 6.00. The number of rotatable bonds is 6. The Morgan fingerprint density at radius 3 is 2.30 bits per heavy atom. The minimum Gasteiger partial charge on any atom is -0.322 e. The van der Waals surface area contributed by atoms with Gasteiger partial charge in [0.15, 0.2) is 0 Å². The molecule has 1 aliphatic heterocycles. The number of carbonyl (C=O) groups is 1. The first kappa shape index (κ1) is 20.4. The summed E-state index contributed by atoms with van der Waals surface area (Å²) in [5.41, 5.74) is 5.02. The summed E-state index contributed by atoms with van der Waals surface area (Å²) >= 11 is 0. The molecular weight excluding hydrogens is 372 g/mol. The quantitative estimate of drug-likeness (QED) is 0.666. The van der Waals surface area contributed by atoms with Crippen LogP contribution in [0.4, 0.5) is 5.69 Å². The highest BCUT2D eigenvalue weighted by Crippen LogP contribution is 2.24. The van der Waals surface area contributed by atoms with Crippen LogP contribution < -0.4 is 5.32 Å². The van der Waals surface area contributed by atoms with Gasteiger partial charge in [-0.25, -0.2) is 4.68 Å². The Labute approximate surface area is 178 Å². The van der Waals surface area contributed by atoms with Gasteiger partial charge in [0.25, 0.3) is 0 Å². The van der Waals surface area contributed by atoms with E-state index in [1.165, 1.54) is 5.56 Å². The first-order valence-corrected chi connectivity index (χ1v) is 10.8. The van der Waals surface area contributed by atoms with Crippen molar-refractivity contribution < 1.29 is 4.79 Å². The van der Waals surface area contributed by atoms with Crippen LogP contribution in [-0.4, -0.2) is 40.2 Å². The average molecular weight is 403 g/mol. The van der Waals surface area contributed by atoms with Gasteiger partial charge >= 0.3 is 0 Å². The Hall–Kier alpha value is -2.92. The first-order valence-electron chi connectivity index (χ1n) is 10.8. The van der Waals surface area contributed by atoms with Crippen LogP contribution in [0, 0.1) is 19.8 Å². The normalized spacial score (nSPS) is 15.3. The molecule has 2 heterocycles. The van der Waals surface area contributed by atoms with Crippen LogP contribution >= 0.6 is 0 Å². The number of carbonyl (C=O) groups excluding carboxylic acids is 1. The number of hydrogen-bond acceptors (Lipinski definition) is 3. The van der Waals surface area contributed by atoms with Crippen molar-refractivity contribution in [2.75, 3.05) is 25.0 Å². The van der Waals surface area contributed by atoms with Crippen molar-refractivity contribution in [3.63, 3.8) is 0 Å². The first-order chi connectivity index (χ1) is 14.6. The lowest BCUT2D eigenvalue weighted by Gasteiger charge is -2.31. The predicted molar refractivity (Wildman–Crippen MR) is 121 cm³/mol. The Bertz CT molecular complexity index is 973. The van der Waals surface area contributed by atoms with Gasteiger partial charge in [-0.3, -0.25) is 9.69 Å². The van der Waals surface area contributed by atoms with Crippen molar-refractivity contribution in [2.45, 2.75) is 33.1 Å². The predicted octanol–water partition coefficient (Wildman–Crippen LogP) is 4.38. The number of para-hydroxylation sites is 1. The average Bonchev–Trinajstić information content (AvgIpc) is 3.05. The van der Waals surface area contributed by atoms with Crippen LogP contribution in [0.1, 0.15) is 29.8 Å². The fourth-order valence-electron chi connectivity index (χ4n) is 4.32. The molecule has 1 amide bonds. The second kappa shape index (κ2) is 9.26. The number of aryl methyl sites for hydroxylation is 1. The van der Waals surface area contributed by atoms with Gasteiger partial charge in [-0.2, -0.15) is 5.10 Å². The summed E-state index contributed by atoms with van der Waals surface area (Å²) in [5, 5.41) is 7.72. The van der Waals surface area contributed by atoms with Crippen molar-refractivity contribution >= 4 is 11.6 Å². The summed E-state index contributed by atoms with van der Waals surface area (Å²) in [6.45, 7) is 6.33. The monoisotopic (exact) mass is 402 g/mol. The van der Waals surface area contributed by atoms with Crippen molar-refractivity contribution in [1.82, 2.24) is 14.7 Å². The molecular formula is C25H30N4O. The summed E-state index contributed by atoms with van der Waals surface area (Å²) in [4.78, 5) is 15.0. The van der Waals surface area contributed by atoms with E-state index < -0.39 is 0 Å². The SMILES string of the molecule is Cc1nn(-c2ccccc2)c(C)c1NC(=O)CN1CCC(Cc2ccccc2)CC1. The molecule has 3 aromatic rings. The third-order valence-corrected chi connectivity index (χ3v) is 6.00. The van der Waals surface area contributed by atoms with Gasteiger partial charge in [-0.15, -0.1) is 0 Å². The number of aromatic nitrogens is 2. The molecule has 0 unspecified atom stereocenters. The maximum absolute atomic E-state index is 12.7. The number of amides is 1. The summed E-state index contributed by atoms with van der Waals surface area (Å²) in [6.07, 6.45) is 3.43. The van der Waals surface area contributed by atoms with Gasteiger partial charge in [0.05, 0.1) is 29.3 Å². The topological polar surface area (TPSA) is 50.2 Å². The molecule has 0 radical (unpaired) electrons.